The molecule has 0 radical (unpaired) electrons. The molecule has 63 heavy (non-hydrogen) atoms. The van der Waals surface area contributed by atoms with Crippen molar-refractivity contribution in [2.75, 3.05) is 39.6 Å². The first-order valence-electron chi connectivity index (χ1n) is 19.9. The molecular formula is C34H57FO28. The largest absolute Gasteiger partial charge is 0.394 e. The third-order valence-electron chi connectivity index (χ3n) is 11.6. The first-order chi connectivity index (χ1) is 29.8. The number of hydrogen-bond donors (Lipinski definition) is 17. The van der Waals surface area contributed by atoms with Crippen LogP contribution in [0.25, 0.3) is 0 Å². The highest BCUT2D eigenvalue weighted by Crippen LogP contribution is 2.35. The molecule has 6 fully saturated rings. The van der Waals surface area contributed by atoms with Crippen molar-refractivity contribution in [3.63, 3.8) is 0 Å². The van der Waals surface area contributed by atoms with Gasteiger partial charge in [-0.2, -0.15) is 0 Å². The summed E-state index contributed by atoms with van der Waals surface area (Å²) in [4.78, 5) is 0. The summed E-state index contributed by atoms with van der Waals surface area (Å²) in [6, 6.07) is 0. The van der Waals surface area contributed by atoms with Crippen LogP contribution in [-0.2, 0) is 52.1 Å². The third kappa shape index (κ3) is 10.9. The average molecular weight is 933 g/mol. The lowest BCUT2D eigenvalue weighted by Gasteiger charge is -2.49. The van der Waals surface area contributed by atoms with Crippen LogP contribution in [0.1, 0.15) is 0 Å². The molecule has 0 amide bonds. The van der Waals surface area contributed by atoms with Crippen LogP contribution in [0.4, 0.5) is 4.39 Å². The van der Waals surface area contributed by atoms with Crippen molar-refractivity contribution < 1.29 is 143 Å². The Morgan fingerprint density at radius 1 is 0.381 bits per heavy atom. The van der Waals surface area contributed by atoms with Crippen molar-refractivity contribution >= 4 is 0 Å². The summed E-state index contributed by atoms with van der Waals surface area (Å²) in [6.07, 6.45) is -53.7. The second-order valence-electron chi connectivity index (χ2n) is 15.9. The van der Waals surface area contributed by atoms with E-state index in [4.69, 9.17) is 52.1 Å². The number of rotatable bonds is 14. The molecule has 28 nitrogen and oxygen atoms in total. The Morgan fingerprint density at radius 3 is 1.16 bits per heavy atom. The topological polar surface area (TPSA) is 445 Å². The van der Waals surface area contributed by atoms with E-state index in [0.29, 0.717) is 0 Å². The number of alkyl halides is 1. The third-order valence-corrected chi connectivity index (χ3v) is 11.6. The second-order valence-corrected chi connectivity index (χ2v) is 15.9. The lowest BCUT2D eigenvalue weighted by atomic mass is 9.95. The maximum atomic E-state index is 14.6. The standard InChI is InChI=1S/C34H57FO28/c35-13-17(43)26(10(2-37)57-29(13)52)61-33-24(50)19(45)28(12(59-33)6-56-31-22(48)15(41)8(39)4-54-31)63-34-25(51)20(46)27(62-32-23(49)18(44)16(42)9(1-36)58-32)11(60-34)5-55-30-21(47)14(40)7(38)3-53-30/h7-34,36-52H,1-6H2/t7-,8-,9-,10-,11-,12-,13-,14+,15+,16-,17-,18+,19-,20-,21-,22-,23-,24-,25-,26-,27-,28-,29+,30-,31-,32+,33+,34+/m1/s1. The van der Waals surface area contributed by atoms with Crippen molar-refractivity contribution in [3.05, 3.63) is 0 Å². The fourth-order valence-electron chi connectivity index (χ4n) is 7.73. The van der Waals surface area contributed by atoms with E-state index in [9.17, 15) is 91.2 Å². The smallest absolute Gasteiger partial charge is 0.189 e. The molecule has 368 valence electrons. The van der Waals surface area contributed by atoms with Gasteiger partial charge in [0, 0.05) is 0 Å². The predicted molar refractivity (Wildman–Crippen MR) is 186 cm³/mol. The van der Waals surface area contributed by atoms with Gasteiger partial charge in [0.15, 0.2) is 43.9 Å². The number of aliphatic hydroxyl groups excluding tert-OH is 17. The maximum absolute atomic E-state index is 14.6. The van der Waals surface area contributed by atoms with Gasteiger partial charge in [-0.15, -0.1) is 0 Å². The number of hydrogen-bond acceptors (Lipinski definition) is 28. The summed E-state index contributed by atoms with van der Waals surface area (Å²) >= 11 is 0. The van der Waals surface area contributed by atoms with Crippen molar-refractivity contribution in [1.29, 1.82) is 0 Å². The zero-order valence-corrected chi connectivity index (χ0v) is 32.9. The Morgan fingerprint density at radius 2 is 0.746 bits per heavy atom. The first-order valence-corrected chi connectivity index (χ1v) is 19.9. The summed E-state index contributed by atoms with van der Waals surface area (Å²) in [5.41, 5.74) is 0. The molecule has 0 aromatic carbocycles. The van der Waals surface area contributed by atoms with E-state index in [1.165, 1.54) is 0 Å². The van der Waals surface area contributed by atoms with Crippen molar-refractivity contribution in [1.82, 2.24) is 0 Å². The monoisotopic (exact) mass is 932 g/mol. The molecule has 29 heteroatoms. The molecule has 6 heterocycles. The van der Waals surface area contributed by atoms with Crippen LogP contribution in [0.3, 0.4) is 0 Å². The fourth-order valence-corrected chi connectivity index (χ4v) is 7.73. The SMILES string of the molecule is OC[C@H]1O[C@@H](O[C@H]2[C@H](O)[C@@H](O)[C@H](O[C@H]3[C@H](O)[C@@H](O)[C@H](O[C@H]4[C@H](O)[C@@H](F)[C@@H](O)O[C@@H]4CO)O[C@@H]3CO[C@H]3OC[C@@H](O)[C@H](O)[C@H]3O)O[C@@H]2CO[C@H]2OC[C@@H](O)[C@H](O)[C@H]2O)[C@H](O)[C@@H](O)[C@@H]1O. The van der Waals surface area contributed by atoms with E-state index < -0.39 is 212 Å². The molecule has 0 saturated carbocycles. The molecule has 6 saturated heterocycles. The minimum absolute atomic E-state index is 0.519. The normalized spacial score (nSPS) is 53.6. The van der Waals surface area contributed by atoms with Crippen LogP contribution in [0, 0.1) is 0 Å². The molecule has 6 rings (SSSR count). The van der Waals surface area contributed by atoms with Gasteiger partial charge in [-0.3, -0.25) is 0 Å². The molecule has 0 bridgehead atoms. The van der Waals surface area contributed by atoms with Crippen molar-refractivity contribution in [2.24, 2.45) is 0 Å². The first kappa shape index (κ1) is 51.2. The summed E-state index contributed by atoms with van der Waals surface area (Å²) in [5, 5.41) is 178. The van der Waals surface area contributed by atoms with Crippen molar-refractivity contribution in [2.45, 2.75) is 172 Å². The highest BCUT2D eigenvalue weighted by Gasteiger charge is 2.56. The molecule has 0 spiro atoms. The summed E-state index contributed by atoms with van der Waals surface area (Å²) in [6.45, 7) is -4.56. The molecule has 0 aliphatic carbocycles. The number of aliphatic hydroxyl groups is 17. The Hall–Kier alpha value is -1.19. The molecule has 0 aromatic rings. The van der Waals surface area contributed by atoms with Crippen LogP contribution < -0.4 is 0 Å². The molecule has 28 atom stereocenters. The Bertz CT molecular complexity index is 1410. The zero-order chi connectivity index (χ0) is 46.2. The van der Waals surface area contributed by atoms with E-state index in [1.807, 2.05) is 0 Å². The van der Waals surface area contributed by atoms with Gasteiger partial charge in [0.25, 0.3) is 0 Å². The Kier molecular flexibility index (Phi) is 17.7. The van der Waals surface area contributed by atoms with Crippen molar-refractivity contribution in [3.8, 4) is 0 Å². The highest BCUT2D eigenvalue weighted by molar-refractivity contribution is 4.98. The Balaban J connectivity index is 1.25. The van der Waals surface area contributed by atoms with Gasteiger partial charge in [0.1, 0.15) is 128 Å². The van der Waals surface area contributed by atoms with Gasteiger partial charge < -0.3 is 139 Å². The Labute approximate surface area is 355 Å². The number of ether oxygens (including phenoxy) is 11. The van der Waals surface area contributed by atoms with Crippen LogP contribution in [-0.4, -0.2) is 299 Å². The van der Waals surface area contributed by atoms with Crippen LogP contribution >= 0.6 is 0 Å². The second kappa shape index (κ2) is 21.8. The lowest BCUT2D eigenvalue weighted by molar-refractivity contribution is -0.392. The predicted octanol–water partition coefficient (Wildman–Crippen LogP) is -11.8. The van der Waals surface area contributed by atoms with Gasteiger partial charge in [-0.05, 0) is 0 Å². The minimum Gasteiger partial charge on any atom is -0.394 e. The zero-order valence-electron chi connectivity index (χ0n) is 32.9. The van der Waals surface area contributed by atoms with Gasteiger partial charge in [-0.1, -0.05) is 0 Å². The van der Waals surface area contributed by atoms with E-state index in [2.05, 4.69) is 0 Å². The summed E-state index contributed by atoms with van der Waals surface area (Å²) in [7, 11) is 0. The van der Waals surface area contributed by atoms with Gasteiger partial charge >= 0.3 is 0 Å². The average Bonchev–Trinajstić information content (AvgIpc) is 3.26. The van der Waals surface area contributed by atoms with E-state index in [-0.39, 0.29) is 0 Å². The summed E-state index contributed by atoms with van der Waals surface area (Å²) in [5.74, 6) is 0. The molecule has 0 aromatic heterocycles. The van der Waals surface area contributed by atoms with E-state index >= 15 is 0 Å². The minimum atomic E-state index is -2.49. The number of halogens is 1. The summed E-state index contributed by atoms with van der Waals surface area (Å²) < 4.78 is 75.5. The quantitative estimate of drug-likeness (QED) is 0.0769. The molecule has 6 aliphatic rings. The maximum Gasteiger partial charge on any atom is 0.189 e. The van der Waals surface area contributed by atoms with E-state index in [0.717, 1.165) is 0 Å². The lowest BCUT2D eigenvalue weighted by Crippen LogP contribution is -2.67. The van der Waals surface area contributed by atoms with Crippen LogP contribution in [0.5, 0.6) is 0 Å². The molecule has 0 unspecified atom stereocenters. The fraction of sp³-hybridized carbons (Fsp3) is 1.00. The van der Waals surface area contributed by atoms with Crippen LogP contribution in [0.2, 0.25) is 0 Å². The molecular weight excluding hydrogens is 875 g/mol. The van der Waals surface area contributed by atoms with E-state index in [1.54, 1.807) is 0 Å². The van der Waals surface area contributed by atoms with Gasteiger partial charge in [0.05, 0.1) is 39.6 Å². The van der Waals surface area contributed by atoms with Gasteiger partial charge in [-0.25, -0.2) is 4.39 Å². The molecule has 17 N–H and O–H groups in total. The van der Waals surface area contributed by atoms with Crippen LogP contribution in [0.15, 0.2) is 0 Å². The highest BCUT2D eigenvalue weighted by atomic mass is 19.1. The molecule has 6 aliphatic heterocycles. The van der Waals surface area contributed by atoms with Gasteiger partial charge in [0.2, 0.25) is 0 Å².